The van der Waals surface area contributed by atoms with Crippen LogP contribution < -0.4 is 10.6 Å². The van der Waals surface area contributed by atoms with Gasteiger partial charge in [0.25, 0.3) is 0 Å². The fourth-order valence-electron chi connectivity index (χ4n) is 1.36. The molecule has 0 aliphatic carbocycles. The second-order valence-electron chi connectivity index (χ2n) is 3.98. The van der Waals surface area contributed by atoms with Gasteiger partial charge in [-0.25, -0.2) is 4.79 Å². The minimum absolute atomic E-state index is 0.242. The predicted octanol–water partition coefficient (Wildman–Crippen LogP) is 1.75. The van der Waals surface area contributed by atoms with Crippen molar-refractivity contribution >= 4 is 11.7 Å². The number of nitrogens with one attached hydrogen (secondary N) is 2. The number of urea groups is 1. The van der Waals surface area contributed by atoms with Gasteiger partial charge in [-0.3, -0.25) is 4.98 Å². The average molecular weight is 237 g/mol. The molecule has 0 saturated heterocycles. The zero-order valence-electron chi connectivity index (χ0n) is 10.2. The number of amides is 2. The molecule has 0 aliphatic heterocycles. The zero-order chi connectivity index (χ0) is 12.7. The van der Waals surface area contributed by atoms with Gasteiger partial charge in [-0.05, 0) is 25.0 Å². The number of anilines is 1. The normalized spacial score (nSPS) is 11.0. The number of hydrogen-bond acceptors (Lipinski definition) is 3. The third kappa shape index (κ3) is 4.40. The van der Waals surface area contributed by atoms with Gasteiger partial charge in [0.15, 0.2) is 0 Å². The Morgan fingerprint density at radius 2 is 2.18 bits per heavy atom. The summed E-state index contributed by atoms with van der Waals surface area (Å²) in [5.41, 5.74) is -0.201. The summed E-state index contributed by atoms with van der Waals surface area (Å²) in [4.78, 5) is 15.4. The molecule has 0 aliphatic rings. The number of carbonyl (C=O) groups is 1. The molecule has 1 aromatic heterocycles. The van der Waals surface area contributed by atoms with E-state index in [1.165, 1.54) is 0 Å². The third-order valence-electron chi connectivity index (χ3n) is 2.81. The van der Waals surface area contributed by atoms with Crippen LogP contribution in [0.25, 0.3) is 0 Å². The van der Waals surface area contributed by atoms with Crippen molar-refractivity contribution in [2.24, 2.45) is 0 Å². The van der Waals surface area contributed by atoms with Crippen molar-refractivity contribution < 1.29 is 9.90 Å². The van der Waals surface area contributed by atoms with Crippen LogP contribution in [0.2, 0.25) is 0 Å². The van der Waals surface area contributed by atoms with E-state index in [9.17, 15) is 9.90 Å². The summed E-state index contributed by atoms with van der Waals surface area (Å²) in [6.07, 6.45) is 4.41. The number of aromatic nitrogens is 1. The van der Waals surface area contributed by atoms with Gasteiger partial charge in [-0.1, -0.05) is 13.8 Å². The minimum Gasteiger partial charge on any atom is -0.388 e. The Morgan fingerprint density at radius 1 is 1.47 bits per heavy atom. The molecule has 0 aromatic carbocycles. The van der Waals surface area contributed by atoms with Crippen molar-refractivity contribution in [3.05, 3.63) is 24.5 Å². The molecule has 0 unspecified atom stereocenters. The highest BCUT2D eigenvalue weighted by Crippen LogP contribution is 2.12. The van der Waals surface area contributed by atoms with Crippen molar-refractivity contribution in [2.45, 2.75) is 32.3 Å². The van der Waals surface area contributed by atoms with E-state index in [1.54, 1.807) is 24.5 Å². The largest absolute Gasteiger partial charge is 0.388 e. The average Bonchev–Trinajstić information content (AvgIpc) is 2.37. The third-order valence-corrected chi connectivity index (χ3v) is 2.81. The van der Waals surface area contributed by atoms with E-state index in [0.29, 0.717) is 18.5 Å². The highest BCUT2D eigenvalue weighted by Gasteiger charge is 2.22. The summed E-state index contributed by atoms with van der Waals surface area (Å²) in [5, 5.41) is 15.3. The van der Waals surface area contributed by atoms with Gasteiger partial charge in [-0.15, -0.1) is 0 Å². The summed E-state index contributed by atoms with van der Waals surface area (Å²) in [6.45, 7) is 4.03. The number of pyridine rings is 1. The Kier molecular flexibility index (Phi) is 4.90. The quantitative estimate of drug-likeness (QED) is 0.730. The Bertz CT molecular complexity index is 350. The number of rotatable bonds is 5. The first-order valence-corrected chi connectivity index (χ1v) is 5.77. The molecule has 5 nitrogen and oxygen atoms in total. The van der Waals surface area contributed by atoms with Gasteiger partial charge < -0.3 is 15.7 Å². The van der Waals surface area contributed by atoms with Gasteiger partial charge in [-0.2, -0.15) is 0 Å². The van der Waals surface area contributed by atoms with Crippen LogP contribution in [0.3, 0.4) is 0 Å². The zero-order valence-corrected chi connectivity index (χ0v) is 10.2. The maximum atomic E-state index is 11.5. The first-order chi connectivity index (χ1) is 8.09. The molecule has 0 atom stereocenters. The number of nitrogens with zero attached hydrogens (tertiary/aromatic N) is 1. The standard InChI is InChI=1S/C12H19N3O2/c1-3-12(17,4-2)9-14-11(16)15-10-6-5-7-13-8-10/h5-8,17H,3-4,9H2,1-2H3,(H2,14,15,16). The molecule has 3 N–H and O–H groups in total. The van der Waals surface area contributed by atoms with Crippen LogP contribution >= 0.6 is 0 Å². The van der Waals surface area contributed by atoms with Gasteiger partial charge in [0.1, 0.15) is 0 Å². The number of aliphatic hydroxyl groups is 1. The number of carbonyl (C=O) groups excluding carboxylic acids is 1. The van der Waals surface area contributed by atoms with Crippen LogP contribution in [-0.4, -0.2) is 28.3 Å². The molecular weight excluding hydrogens is 218 g/mol. The molecule has 17 heavy (non-hydrogen) atoms. The summed E-state index contributed by atoms with van der Waals surface area (Å²) < 4.78 is 0. The van der Waals surface area contributed by atoms with Gasteiger partial charge in [0, 0.05) is 12.7 Å². The van der Waals surface area contributed by atoms with Gasteiger partial charge >= 0.3 is 6.03 Å². The second-order valence-corrected chi connectivity index (χ2v) is 3.98. The molecule has 0 spiro atoms. The Labute approximate surface area is 101 Å². The maximum Gasteiger partial charge on any atom is 0.319 e. The highest BCUT2D eigenvalue weighted by atomic mass is 16.3. The van der Waals surface area contributed by atoms with E-state index < -0.39 is 5.60 Å². The van der Waals surface area contributed by atoms with Crippen LogP contribution in [0, 0.1) is 0 Å². The van der Waals surface area contributed by atoms with Crippen molar-refractivity contribution in [1.82, 2.24) is 10.3 Å². The van der Waals surface area contributed by atoms with Gasteiger partial charge in [0.2, 0.25) is 0 Å². The molecular formula is C12H19N3O2. The lowest BCUT2D eigenvalue weighted by Gasteiger charge is -2.25. The van der Waals surface area contributed by atoms with Crippen molar-refractivity contribution in [1.29, 1.82) is 0 Å². The monoisotopic (exact) mass is 237 g/mol. The second kappa shape index (κ2) is 6.20. The molecule has 2 amide bonds. The molecule has 0 saturated carbocycles. The van der Waals surface area contributed by atoms with E-state index >= 15 is 0 Å². The highest BCUT2D eigenvalue weighted by molar-refractivity contribution is 5.88. The lowest BCUT2D eigenvalue weighted by molar-refractivity contribution is 0.0354. The minimum atomic E-state index is -0.827. The van der Waals surface area contributed by atoms with Crippen molar-refractivity contribution in [2.75, 3.05) is 11.9 Å². The maximum absolute atomic E-state index is 11.5. The summed E-state index contributed by atoms with van der Waals surface area (Å²) in [5.74, 6) is 0. The van der Waals surface area contributed by atoms with Crippen molar-refractivity contribution in [3.63, 3.8) is 0 Å². The summed E-state index contributed by atoms with van der Waals surface area (Å²) >= 11 is 0. The SMILES string of the molecule is CCC(O)(CC)CNC(=O)Nc1cccnc1. The smallest absolute Gasteiger partial charge is 0.319 e. The molecule has 5 heteroatoms. The molecule has 94 valence electrons. The van der Waals surface area contributed by atoms with Crippen LogP contribution in [0.15, 0.2) is 24.5 Å². The van der Waals surface area contributed by atoms with E-state index in [2.05, 4.69) is 15.6 Å². The van der Waals surface area contributed by atoms with E-state index in [4.69, 9.17) is 0 Å². The lowest BCUT2D eigenvalue weighted by Crippen LogP contribution is -2.43. The van der Waals surface area contributed by atoms with E-state index in [-0.39, 0.29) is 12.6 Å². The first kappa shape index (κ1) is 13.4. The molecule has 0 fully saturated rings. The summed E-state index contributed by atoms with van der Waals surface area (Å²) in [7, 11) is 0. The topological polar surface area (TPSA) is 74.2 Å². The molecule has 1 heterocycles. The molecule has 0 radical (unpaired) electrons. The predicted molar refractivity (Wildman–Crippen MR) is 66.8 cm³/mol. The Hall–Kier alpha value is -1.62. The number of hydrogen-bond donors (Lipinski definition) is 3. The molecule has 1 rings (SSSR count). The van der Waals surface area contributed by atoms with Crippen LogP contribution in [0.4, 0.5) is 10.5 Å². The van der Waals surface area contributed by atoms with Crippen LogP contribution in [0.5, 0.6) is 0 Å². The van der Waals surface area contributed by atoms with Crippen LogP contribution in [-0.2, 0) is 0 Å². The Morgan fingerprint density at radius 3 is 2.71 bits per heavy atom. The lowest BCUT2D eigenvalue weighted by atomic mass is 9.98. The van der Waals surface area contributed by atoms with Crippen molar-refractivity contribution in [3.8, 4) is 0 Å². The summed E-state index contributed by atoms with van der Waals surface area (Å²) in [6, 6.07) is 3.15. The first-order valence-electron chi connectivity index (χ1n) is 5.77. The van der Waals surface area contributed by atoms with Gasteiger partial charge in [0.05, 0.1) is 17.5 Å². The van der Waals surface area contributed by atoms with E-state index in [0.717, 1.165) is 0 Å². The molecule has 1 aromatic rings. The molecule has 0 bridgehead atoms. The fourth-order valence-corrected chi connectivity index (χ4v) is 1.36. The Balaban J connectivity index is 2.41. The fraction of sp³-hybridized carbons (Fsp3) is 0.500. The van der Waals surface area contributed by atoms with E-state index in [1.807, 2.05) is 13.8 Å². The van der Waals surface area contributed by atoms with Crippen LogP contribution in [0.1, 0.15) is 26.7 Å².